The highest BCUT2D eigenvalue weighted by Gasteiger charge is 2.19. The lowest BCUT2D eigenvalue weighted by Crippen LogP contribution is -2.48. The molecule has 0 aromatic heterocycles. The quantitative estimate of drug-likeness (QED) is 0.682. The van der Waals surface area contributed by atoms with Crippen molar-refractivity contribution in [3.63, 3.8) is 0 Å². The molecule has 2 aliphatic heterocycles. The van der Waals surface area contributed by atoms with Crippen LogP contribution in [0.25, 0.3) is 0 Å². The van der Waals surface area contributed by atoms with Crippen molar-refractivity contribution in [3.8, 4) is 0 Å². The summed E-state index contributed by atoms with van der Waals surface area (Å²) in [4.78, 5) is 14.1. The lowest BCUT2D eigenvalue weighted by Gasteiger charge is -2.30. The number of urea groups is 1. The maximum Gasteiger partial charge on any atom is 0.315 e. The van der Waals surface area contributed by atoms with E-state index in [1.165, 1.54) is 19.4 Å². The molecule has 2 heterocycles. The van der Waals surface area contributed by atoms with Crippen molar-refractivity contribution in [2.24, 2.45) is 5.92 Å². The van der Waals surface area contributed by atoms with Crippen LogP contribution in [0, 0.1) is 5.92 Å². The molecule has 2 fully saturated rings. The second kappa shape index (κ2) is 6.95. The van der Waals surface area contributed by atoms with Crippen molar-refractivity contribution >= 4 is 6.03 Å². The van der Waals surface area contributed by atoms with Gasteiger partial charge < -0.3 is 20.9 Å². The average molecular weight is 254 g/mol. The maximum absolute atomic E-state index is 11.8. The first kappa shape index (κ1) is 13.6. The van der Waals surface area contributed by atoms with E-state index in [2.05, 4.69) is 27.9 Å². The van der Waals surface area contributed by atoms with Gasteiger partial charge in [-0.3, -0.25) is 0 Å². The van der Waals surface area contributed by atoms with Crippen LogP contribution in [-0.2, 0) is 0 Å². The number of hydrogen-bond donors (Lipinski definition) is 3. The number of carbonyl (C=O) groups is 1. The minimum atomic E-state index is 0.00938. The number of amides is 2. The van der Waals surface area contributed by atoms with Crippen molar-refractivity contribution in [2.45, 2.75) is 31.7 Å². The molecule has 0 aromatic carbocycles. The van der Waals surface area contributed by atoms with Crippen LogP contribution in [0.2, 0.25) is 0 Å². The van der Waals surface area contributed by atoms with Crippen molar-refractivity contribution < 1.29 is 4.79 Å². The third kappa shape index (κ3) is 4.46. The predicted octanol–water partition coefficient (Wildman–Crippen LogP) is 0.379. The van der Waals surface area contributed by atoms with Gasteiger partial charge >= 0.3 is 6.03 Å². The average Bonchev–Trinajstić information content (AvgIpc) is 2.38. The van der Waals surface area contributed by atoms with Gasteiger partial charge in [-0.2, -0.15) is 0 Å². The topological polar surface area (TPSA) is 56.4 Å². The van der Waals surface area contributed by atoms with Crippen LogP contribution in [0.5, 0.6) is 0 Å². The Kier molecular flexibility index (Phi) is 5.26. The predicted molar refractivity (Wildman–Crippen MR) is 72.6 cm³/mol. The van der Waals surface area contributed by atoms with Gasteiger partial charge in [0.1, 0.15) is 0 Å². The van der Waals surface area contributed by atoms with E-state index >= 15 is 0 Å². The number of nitrogens with one attached hydrogen (secondary N) is 3. The first-order valence-electron chi connectivity index (χ1n) is 7.17. The number of rotatable bonds is 3. The minimum absolute atomic E-state index is 0.00938. The highest BCUT2D eigenvalue weighted by atomic mass is 16.2. The third-order valence-corrected chi connectivity index (χ3v) is 3.95. The molecule has 5 heteroatoms. The summed E-state index contributed by atoms with van der Waals surface area (Å²) >= 11 is 0. The van der Waals surface area contributed by atoms with Crippen LogP contribution < -0.4 is 16.0 Å². The molecule has 0 aliphatic carbocycles. The van der Waals surface area contributed by atoms with Gasteiger partial charge in [0.2, 0.25) is 0 Å². The van der Waals surface area contributed by atoms with Crippen LogP contribution in [0.4, 0.5) is 4.79 Å². The van der Waals surface area contributed by atoms with E-state index in [0.29, 0.717) is 12.0 Å². The molecule has 1 unspecified atom stereocenters. The second-order valence-electron chi connectivity index (χ2n) is 5.65. The van der Waals surface area contributed by atoms with Crippen molar-refractivity contribution in [2.75, 3.05) is 39.8 Å². The Morgan fingerprint density at radius 1 is 1.33 bits per heavy atom. The SMILES string of the molecule is CN1CCCC(CNC(=O)NC2CCNCC2)C1. The summed E-state index contributed by atoms with van der Waals surface area (Å²) in [6.45, 7) is 5.13. The summed E-state index contributed by atoms with van der Waals surface area (Å²) in [5.41, 5.74) is 0. The Labute approximate surface area is 110 Å². The first-order valence-corrected chi connectivity index (χ1v) is 7.17. The zero-order chi connectivity index (χ0) is 12.8. The highest BCUT2D eigenvalue weighted by molar-refractivity contribution is 5.74. The fraction of sp³-hybridized carbons (Fsp3) is 0.923. The molecule has 0 bridgehead atoms. The van der Waals surface area contributed by atoms with Gasteiger partial charge in [0.05, 0.1) is 0 Å². The van der Waals surface area contributed by atoms with Crippen LogP contribution in [-0.4, -0.2) is 56.7 Å². The van der Waals surface area contributed by atoms with Gasteiger partial charge in [-0.05, 0) is 58.3 Å². The van der Waals surface area contributed by atoms with Gasteiger partial charge in [-0.15, -0.1) is 0 Å². The zero-order valence-electron chi connectivity index (χ0n) is 11.4. The molecule has 5 nitrogen and oxygen atoms in total. The third-order valence-electron chi connectivity index (χ3n) is 3.95. The van der Waals surface area contributed by atoms with Crippen LogP contribution in [0.15, 0.2) is 0 Å². The summed E-state index contributed by atoms with van der Waals surface area (Å²) < 4.78 is 0. The summed E-state index contributed by atoms with van der Waals surface area (Å²) in [5.74, 6) is 0.613. The van der Waals surface area contributed by atoms with Crippen LogP contribution >= 0.6 is 0 Å². The van der Waals surface area contributed by atoms with Crippen molar-refractivity contribution in [1.82, 2.24) is 20.9 Å². The lowest BCUT2D eigenvalue weighted by atomic mass is 9.98. The van der Waals surface area contributed by atoms with Gasteiger partial charge in [-0.1, -0.05) is 0 Å². The molecule has 2 aliphatic rings. The fourth-order valence-corrected chi connectivity index (χ4v) is 2.88. The number of piperidine rings is 2. The van der Waals surface area contributed by atoms with E-state index in [9.17, 15) is 4.79 Å². The Hall–Kier alpha value is -0.810. The smallest absolute Gasteiger partial charge is 0.315 e. The van der Waals surface area contributed by atoms with E-state index in [-0.39, 0.29) is 6.03 Å². The largest absolute Gasteiger partial charge is 0.338 e. The zero-order valence-corrected chi connectivity index (χ0v) is 11.4. The molecule has 2 saturated heterocycles. The standard InChI is InChI=1S/C13H26N4O/c1-17-8-2-3-11(10-17)9-15-13(18)16-12-4-6-14-7-5-12/h11-12,14H,2-10H2,1H3,(H2,15,16,18). The van der Waals surface area contributed by atoms with E-state index in [1.54, 1.807) is 0 Å². The van der Waals surface area contributed by atoms with Gasteiger partial charge in [0.25, 0.3) is 0 Å². The molecule has 2 amide bonds. The molecule has 0 spiro atoms. The molecule has 2 rings (SSSR count). The number of nitrogens with zero attached hydrogens (tertiary/aromatic N) is 1. The van der Waals surface area contributed by atoms with Gasteiger partial charge in [0, 0.05) is 19.1 Å². The first-order chi connectivity index (χ1) is 8.74. The monoisotopic (exact) mass is 254 g/mol. The highest BCUT2D eigenvalue weighted by Crippen LogP contribution is 2.13. The number of carbonyl (C=O) groups excluding carboxylic acids is 1. The molecule has 0 saturated carbocycles. The number of hydrogen-bond acceptors (Lipinski definition) is 3. The molecule has 104 valence electrons. The Morgan fingerprint density at radius 3 is 2.83 bits per heavy atom. The van der Waals surface area contributed by atoms with E-state index in [0.717, 1.165) is 39.0 Å². The Morgan fingerprint density at radius 2 is 2.11 bits per heavy atom. The lowest BCUT2D eigenvalue weighted by molar-refractivity contribution is 0.200. The van der Waals surface area contributed by atoms with Crippen molar-refractivity contribution in [1.29, 1.82) is 0 Å². The number of likely N-dealkylation sites (tertiary alicyclic amines) is 1. The molecular formula is C13H26N4O. The van der Waals surface area contributed by atoms with E-state index in [4.69, 9.17) is 0 Å². The van der Waals surface area contributed by atoms with Crippen LogP contribution in [0.1, 0.15) is 25.7 Å². The maximum atomic E-state index is 11.8. The summed E-state index contributed by atoms with van der Waals surface area (Å²) in [6.07, 6.45) is 4.57. The normalized spacial score (nSPS) is 26.8. The molecule has 18 heavy (non-hydrogen) atoms. The fourth-order valence-electron chi connectivity index (χ4n) is 2.88. The second-order valence-corrected chi connectivity index (χ2v) is 5.65. The summed E-state index contributed by atoms with van der Waals surface area (Å²) in [7, 11) is 2.15. The van der Waals surface area contributed by atoms with E-state index < -0.39 is 0 Å². The van der Waals surface area contributed by atoms with Crippen molar-refractivity contribution in [3.05, 3.63) is 0 Å². The molecule has 0 aromatic rings. The molecule has 1 atom stereocenters. The summed E-state index contributed by atoms with van der Waals surface area (Å²) in [6, 6.07) is 0.357. The molecular weight excluding hydrogens is 228 g/mol. The molecule has 3 N–H and O–H groups in total. The molecule has 0 radical (unpaired) electrons. The van der Waals surface area contributed by atoms with Gasteiger partial charge in [-0.25, -0.2) is 4.79 Å². The van der Waals surface area contributed by atoms with Crippen LogP contribution in [0.3, 0.4) is 0 Å². The summed E-state index contributed by atoms with van der Waals surface area (Å²) in [5, 5.41) is 9.39. The Bertz CT molecular complexity index is 266. The van der Waals surface area contributed by atoms with E-state index in [1.807, 2.05) is 0 Å². The minimum Gasteiger partial charge on any atom is -0.338 e. The van der Waals surface area contributed by atoms with Gasteiger partial charge in [0.15, 0.2) is 0 Å². The Balaban J connectivity index is 1.61.